The van der Waals surface area contributed by atoms with Gasteiger partial charge in [0.05, 0.1) is 16.4 Å². The molecule has 0 fully saturated rings. The standard InChI is InChI=1S/C33H24BrN5O5S2/c34-24-11-9-21(10-12-24)17-28(36-31(41)22-5-2-1-3-6-22)32(42)35-25-13-15-27(16-14-25)45-20-30(40)38-33-37-29(19-46-33)23-7-4-8-26(18-23)39(43)44/h1-19H,20H2,(H,35,42)(H,36,41)(H,37,38,40)/b28-17-. The Labute approximate surface area is 280 Å². The number of rotatable bonds is 11. The summed E-state index contributed by atoms with van der Waals surface area (Å²) in [7, 11) is 0. The minimum absolute atomic E-state index is 0.0366. The molecule has 1 heterocycles. The highest BCUT2D eigenvalue weighted by molar-refractivity contribution is 9.10. The van der Waals surface area contributed by atoms with Crippen molar-refractivity contribution < 1.29 is 19.3 Å². The van der Waals surface area contributed by atoms with E-state index < -0.39 is 16.7 Å². The fourth-order valence-electron chi connectivity index (χ4n) is 4.05. The molecule has 0 aliphatic rings. The van der Waals surface area contributed by atoms with Crippen molar-refractivity contribution in [2.24, 2.45) is 0 Å². The topological polar surface area (TPSA) is 143 Å². The average molecular weight is 715 g/mol. The predicted molar refractivity (Wildman–Crippen MR) is 185 cm³/mol. The SMILES string of the molecule is O=C(CSc1ccc(NC(=O)/C(=C/c2ccc(Br)cc2)NC(=O)c2ccccc2)cc1)Nc1nc(-c2cccc([N+](=O)[O-])c2)cs1. The maximum atomic E-state index is 13.3. The number of nitrogens with zero attached hydrogens (tertiary/aromatic N) is 2. The van der Waals surface area contributed by atoms with Crippen LogP contribution in [0.5, 0.6) is 0 Å². The lowest BCUT2D eigenvalue weighted by atomic mass is 10.1. The number of halogens is 1. The summed E-state index contributed by atoms with van der Waals surface area (Å²) in [6.07, 6.45) is 1.60. The van der Waals surface area contributed by atoms with Crippen molar-refractivity contribution in [3.8, 4) is 11.3 Å². The second kappa shape index (κ2) is 15.3. The smallest absolute Gasteiger partial charge is 0.272 e. The predicted octanol–water partition coefficient (Wildman–Crippen LogP) is 7.62. The molecule has 0 spiro atoms. The first kappa shape index (κ1) is 32.3. The van der Waals surface area contributed by atoms with Gasteiger partial charge >= 0.3 is 0 Å². The number of non-ortho nitro benzene ring substituents is 1. The Hall–Kier alpha value is -5.11. The van der Waals surface area contributed by atoms with Gasteiger partial charge < -0.3 is 16.0 Å². The van der Waals surface area contributed by atoms with Crippen molar-refractivity contribution in [1.29, 1.82) is 0 Å². The van der Waals surface area contributed by atoms with E-state index in [0.717, 1.165) is 14.9 Å². The maximum absolute atomic E-state index is 13.3. The van der Waals surface area contributed by atoms with Crippen LogP contribution in [0.15, 0.2) is 124 Å². The fraction of sp³-hybridized carbons (Fsp3) is 0.0303. The van der Waals surface area contributed by atoms with E-state index in [2.05, 4.69) is 36.9 Å². The lowest BCUT2D eigenvalue weighted by Crippen LogP contribution is -2.30. The number of nitrogens with one attached hydrogen (secondary N) is 3. The van der Waals surface area contributed by atoms with Crippen LogP contribution in [0.2, 0.25) is 0 Å². The molecule has 0 unspecified atom stereocenters. The molecule has 5 aromatic rings. The summed E-state index contributed by atoms with van der Waals surface area (Å²) in [5.41, 5.74) is 2.80. The summed E-state index contributed by atoms with van der Waals surface area (Å²) in [5, 5.41) is 21.5. The lowest BCUT2D eigenvalue weighted by Gasteiger charge is -2.12. The quantitative estimate of drug-likeness (QED) is 0.0553. The molecule has 0 atom stereocenters. The Balaban J connectivity index is 1.18. The van der Waals surface area contributed by atoms with Crippen LogP contribution in [0.4, 0.5) is 16.5 Å². The monoisotopic (exact) mass is 713 g/mol. The van der Waals surface area contributed by atoms with E-state index in [0.29, 0.717) is 27.6 Å². The van der Waals surface area contributed by atoms with Crippen LogP contribution in [0, 0.1) is 10.1 Å². The molecule has 0 saturated carbocycles. The molecule has 1 aromatic heterocycles. The van der Waals surface area contributed by atoms with Gasteiger partial charge in [-0.3, -0.25) is 24.5 Å². The summed E-state index contributed by atoms with van der Waals surface area (Å²) >= 11 is 5.93. The first-order chi connectivity index (χ1) is 22.2. The van der Waals surface area contributed by atoms with Crippen LogP contribution in [0.3, 0.4) is 0 Å². The fourth-order valence-corrected chi connectivity index (χ4v) is 5.75. The maximum Gasteiger partial charge on any atom is 0.272 e. The number of carbonyl (C=O) groups is 3. The average Bonchev–Trinajstić information content (AvgIpc) is 3.54. The van der Waals surface area contributed by atoms with Gasteiger partial charge in [-0.25, -0.2) is 4.98 Å². The summed E-state index contributed by atoms with van der Waals surface area (Å²) in [6, 6.07) is 29.0. The second-order valence-corrected chi connectivity index (χ2v) is 12.4. The molecule has 0 aliphatic carbocycles. The third kappa shape index (κ3) is 8.97. The zero-order chi connectivity index (χ0) is 32.5. The molecule has 0 saturated heterocycles. The molecule has 0 radical (unpaired) electrons. The van der Waals surface area contributed by atoms with Crippen LogP contribution < -0.4 is 16.0 Å². The Morgan fingerprint density at radius 3 is 2.37 bits per heavy atom. The van der Waals surface area contributed by atoms with Gasteiger partial charge in [0, 0.05) is 43.7 Å². The third-order valence-electron chi connectivity index (χ3n) is 6.30. The molecular weight excluding hydrogens is 690 g/mol. The van der Waals surface area contributed by atoms with E-state index in [1.807, 2.05) is 24.3 Å². The number of amides is 3. The molecule has 13 heteroatoms. The van der Waals surface area contributed by atoms with Gasteiger partial charge in [-0.15, -0.1) is 23.1 Å². The second-order valence-electron chi connectivity index (χ2n) is 9.59. The Bertz CT molecular complexity index is 1910. The van der Waals surface area contributed by atoms with Crippen LogP contribution in [-0.2, 0) is 9.59 Å². The number of nitro benzene ring substituents is 1. The molecule has 5 rings (SSSR count). The normalized spacial score (nSPS) is 11.0. The molecule has 3 N–H and O–H groups in total. The summed E-state index contributed by atoms with van der Waals surface area (Å²) in [6.45, 7) is 0. The van der Waals surface area contributed by atoms with Crippen LogP contribution >= 0.6 is 39.0 Å². The van der Waals surface area contributed by atoms with Crippen LogP contribution in [0.25, 0.3) is 17.3 Å². The van der Waals surface area contributed by atoms with Crippen molar-refractivity contribution >= 4 is 79.3 Å². The van der Waals surface area contributed by atoms with Gasteiger partial charge in [-0.05, 0) is 60.2 Å². The van der Waals surface area contributed by atoms with Crippen LogP contribution in [0.1, 0.15) is 15.9 Å². The summed E-state index contributed by atoms with van der Waals surface area (Å²) in [4.78, 5) is 54.4. The van der Waals surface area contributed by atoms with E-state index in [1.54, 1.807) is 78.2 Å². The Morgan fingerprint density at radius 2 is 1.65 bits per heavy atom. The zero-order valence-electron chi connectivity index (χ0n) is 23.8. The van der Waals surface area contributed by atoms with Gasteiger partial charge in [0.25, 0.3) is 17.5 Å². The van der Waals surface area contributed by atoms with E-state index in [9.17, 15) is 24.5 Å². The van der Waals surface area contributed by atoms with Gasteiger partial charge in [0.1, 0.15) is 5.70 Å². The molecule has 230 valence electrons. The number of benzene rings is 4. The highest BCUT2D eigenvalue weighted by Crippen LogP contribution is 2.28. The number of carbonyl (C=O) groups excluding carboxylic acids is 3. The van der Waals surface area contributed by atoms with Crippen molar-refractivity contribution in [3.63, 3.8) is 0 Å². The Morgan fingerprint density at radius 1 is 0.913 bits per heavy atom. The molecule has 10 nitrogen and oxygen atoms in total. The van der Waals surface area contributed by atoms with E-state index in [1.165, 1.54) is 35.2 Å². The molecule has 4 aromatic carbocycles. The molecule has 3 amide bonds. The largest absolute Gasteiger partial charge is 0.321 e. The lowest BCUT2D eigenvalue weighted by molar-refractivity contribution is -0.384. The van der Waals surface area contributed by atoms with Gasteiger partial charge in [-0.2, -0.15) is 0 Å². The number of hydrogen-bond acceptors (Lipinski definition) is 8. The highest BCUT2D eigenvalue weighted by atomic mass is 79.9. The number of aromatic nitrogens is 1. The van der Waals surface area contributed by atoms with E-state index in [4.69, 9.17) is 0 Å². The van der Waals surface area contributed by atoms with Crippen molar-refractivity contribution in [2.75, 3.05) is 16.4 Å². The van der Waals surface area contributed by atoms with Gasteiger partial charge in [0.15, 0.2) is 5.13 Å². The minimum Gasteiger partial charge on any atom is -0.321 e. The van der Waals surface area contributed by atoms with Gasteiger partial charge in [0.2, 0.25) is 5.91 Å². The van der Waals surface area contributed by atoms with Crippen molar-refractivity contribution in [3.05, 3.63) is 140 Å². The van der Waals surface area contributed by atoms with Gasteiger partial charge in [-0.1, -0.05) is 58.4 Å². The first-order valence-electron chi connectivity index (χ1n) is 13.6. The number of thiazole rings is 1. The first-order valence-corrected chi connectivity index (χ1v) is 16.3. The number of nitro groups is 1. The minimum atomic E-state index is -0.500. The Kier molecular flexibility index (Phi) is 10.7. The van der Waals surface area contributed by atoms with Crippen molar-refractivity contribution in [2.45, 2.75) is 4.90 Å². The molecule has 0 aliphatic heterocycles. The molecule has 46 heavy (non-hydrogen) atoms. The summed E-state index contributed by atoms with van der Waals surface area (Å²) < 4.78 is 0.884. The van der Waals surface area contributed by atoms with E-state index >= 15 is 0 Å². The summed E-state index contributed by atoms with van der Waals surface area (Å²) in [5.74, 6) is -1.07. The third-order valence-corrected chi connectivity index (χ3v) is 8.59. The number of anilines is 2. The zero-order valence-corrected chi connectivity index (χ0v) is 27.0. The number of hydrogen-bond donors (Lipinski definition) is 3. The molecular formula is C33H24BrN5O5S2. The van der Waals surface area contributed by atoms with E-state index in [-0.39, 0.29) is 23.0 Å². The van der Waals surface area contributed by atoms with Crippen LogP contribution in [-0.4, -0.2) is 33.4 Å². The highest BCUT2D eigenvalue weighted by Gasteiger charge is 2.16. The molecule has 0 bridgehead atoms. The van der Waals surface area contributed by atoms with Crippen molar-refractivity contribution in [1.82, 2.24) is 10.3 Å². The number of thioether (sulfide) groups is 1.